The third kappa shape index (κ3) is 5.18. The second-order valence-electron chi connectivity index (χ2n) is 6.25. The Balaban J connectivity index is 1.68. The van der Waals surface area contributed by atoms with E-state index in [0.29, 0.717) is 12.5 Å². The van der Waals surface area contributed by atoms with Crippen molar-refractivity contribution in [2.45, 2.75) is 45.2 Å². The Labute approximate surface area is 131 Å². The summed E-state index contributed by atoms with van der Waals surface area (Å²) >= 11 is 1.91. The maximum atomic E-state index is 12.1. The monoisotopic (exact) mass is 313 g/mol. The summed E-state index contributed by atoms with van der Waals surface area (Å²) < 4.78 is 0. The zero-order valence-electron chi connectivity index (χ0n) is 13.1. The Hall–Kier alpha value is -0.750. The van der Waals surface area contributed by atoms with E-state index in [-0.39, 0.29) is 23.8 Å². The van der Waals surface area contributed by atoms with Gasteiger partial charge in [0.05, 0.1) is 0 Å². The van der Waals surface area contributed by atoms with Gasteiger partial charge >= 0.3 is 0 Å². The maximum Gasteiger partial charge on any atom is 0.225 e. The smallest absolute Gasteiger partial charge is 0.225 e. The number of nitrogens with zero attached hydrogens (tertiary/aromatic N) is 1. The quantitative estimate of drug-likeness (QED) is 0.807. The highest BCUT2D eigenvalue weighted by molar-refractivity contribution is 7.99. The molecule has 0 aromatic heterocycles. The van der Waals surface area contributed by atoms with Gasteiger partial charge in [0, 0.05) is 55.6 Å². The summed E-state index contributed by atoms with van der Waals surface area (Å²) in [5, 5.41) is 6.52. The number of hydrogen-bond acceptors (Lipinski definition) is 4. The molecule has 0 saturated carbocycles. The molecule has 120 valence electrons. The van der Waals surface area contributed by atoms with Crippen LogP contribution in [-0.2, 0) is 9.59 Å². The molecule has 2 aliphatic heterocycles. The van der Waals surface area contributed by atoms with Crippen LogP contribution in [0.4, 0.5) is 0 Å². The number of carbonyl (C=O) groups excluding carboxylic acids is 2. The molecule has 0 radical (unpaired) electrons. The van der Waals surface area contributed by atoms with E-state index in [1.165, 1.54) is 0 Å². The lowest BCUT2D eigenvalue weighted by Gasteiger charge is -2.33. The molecule has 5 nitrogen and oxygen atoms in total. The maximum absolute atomic E-state index is 12.1. The molecule has 0 aromatic rings. The average molecular weight is 313 g/mol. The average Bonchev–Trinajstić information content (AvgIpc) is 2.48. The first-order valence-electron chi connectivity index (χ1n) is 7.95. The molecule has 0 aromatic carbocycles. The fourth-order valence-corrected chi connectivity index (χ4v) is 3.82. The van der Waals surface area contributed by atoms with Gasteiger partial charge in [-0.15, -0.1) is 0 Å². The number of piperidine rings is 1. The summed E-state index contributed by atoms with van der Waals surface area (Å²) in [6.45, 7) is 6.40. The van der Waals surface area contributed by atoms with Gasteiger partial charge in [0.25, 0.3) is 0 Å². The number of carbonyl (C=O) groups is 2. The van der Waals surface area contributed by atoms with Crippen molar-refractivity contribution in [2.75, 3.05) is 31.1 Å². The van der Waals surface area contributed by atoms with Crippen molar-refractivity contribution < 1.29 is 9.59 Å². The van der Waals surface area contributed by atoms with Crippen molar-refractivity contribution in [2.24, 2.45) is 5.92 Å². The third-order valence-corrected chi connectivity index (χ3v) is 5.23. The molecule has 2 amide bonds. The minimum Gasteiger partial charge on any atom is -0.353 e. The summed E-state index contributed by atoms with van der Waals surface area (Å²) in [7, 11) is 0. The van der Waals surface area contributed by atoms with Gasteiger partial charge in [0.15, 0.2) is 0 Å². The second-order valence-corrected chi connectivity index (χ2v) is 7.40. The van der Waals surface area contributed by atoms with Crippen LogP contribution in [0.1, 0.15) is 33.1 Å². The van der Waals surface area contributed by atoms with E-state index in [1.54, 1.807) is 0 Å². The molecule has 2 N–H and O–H groups in total. The van der Waals surface area contributed by atoms with Crippen molar-refractivity contribution >= 4 is 23.6 Å². The first kappa shape index (κ1) is 16.6. The molecule has 2 aliphatic rings. The molecule has 0 bridgehead atoms. The zero-order valence-corrected chi connectivity index (χ0v) is 13.9. The summed E-state index contributed by atoms with van der Waals surface area (Å²) in [5.41, 5.74) is 0. The molecule has 0 spiro atoms. The van der Waals surface area contributed by atoms with Crippen molar-refractivity contribution in [3.63, 3.8) is 0 Å². The number of rotatable bonds is 4. The Morgan fingerprint density at radius 2 is 2.05 bits per heavy atom. The van der Waals surface area contributed by atoms with E-state index >= 15 is 0 Å². The van der Waals surface area contributed by atoms with Crippen molar-refractivity contribution in [3.05, 3.63) is 0 Å². The Morgan fingerprint density at radius 3 is 2.62 bits per heavy atom. The Kier molecular flexibility index (Phi) is 6.36. The molecule has 21 heavy (non-hydrogen) atoms. The van der Waals surface area contributed by atoms with E-state index < -0.39 is 0 Å². The number of likely N-dealkylation sites (tertiary alicyclic amines) is 1. The summed E-state index contributed by atoms with van der Waals surface area (Å²) in [5.74, 6) is 2.59. The van der Waals surface area contributed by atoms with Crippen molar-refractivity contribution in [3.8, 4) is 0 Å². The van der Waals surface area contributed by atoms with Crippen LogP contribution in [0, 0.1) is 5.92 Å². The minimum absolute atomic E-state index is 0.0611. The van der Waals surface area contributed by atoms with Crippen LogP contribution in [-0.4, -0.2) is 59.9 Å². The van der Waals surface area contributed by atoms with Crippen LogP contribution in [0.2, 0.25) is 0 Å². The molecule has 2 rings (SSSR count). The normalized spacial score (nSPS) is 24.1. The molecule has 2 fully saturated rings. The van der Waals surface area contributed by atoms with E-state index in [4.69, 9.17) is 0 Å². The highest BCUT2D eigenvalue weighted by Crippen LogP contribution is 2.14. The van der Waals surface area contributed by atoms with Crippen LogP contribution < -0.4 is 10.6 Å². The van der Waals surface area contributed by atoms with Gasteiger partial charge < -0.3 is 15.5 Å². The van der Waals surface area contributed by atoms with Crippen molar-refractivity contribution in [1.29, 1.82) is 0 Å². The van der Waals surface area contributed by atoms with Gasteiger partial charge in [-0.2, -0.15) is 11.8 Å². The minimum atomic E-state index is 0.0611. The van der Waals surface area contributed by atoms with Gasteiger partial charge in [-0.05, 0) is 12.8 Å². The predicted octanol–water partition coefficient (Wildman–Crippen LogP) is 0.845. The second kappa shape index (κ2) is 8.03. The summed E-state index contributed by atoms with van der Waals surface area (Å²) in [6.07, 6.45) is 2.31. The van der Waals surface area contributed by atoms with Crippen LogP contribution >= 0.6 is 11.8 Å². The number of hydrogen-bond donors (Lipinski definition) is 2. The predicted molar refractivity (Wildman–Crippen MR) is 86.3 cm³/mol. The fourth-order valence-electron chi connectivity index (χ4n) is 2.87. The highest BCUT2D eigenvalue weighted by atomic mass is 32.2. The first-order valence-corrected chi connectivity index (χ1v) is 9.11. The van der Waals surface area contributed by atoms with E-state index in [9.17, 15) is 9.59 Å². The molecule has 2 heterocycles. The van der Waals surface area contributed by atoms with Gasteiger partial charge in [-0.1, -0.05) is 13.8 Å². The topological polar surface area (TPSA) is 61.4 Å². The Bertz CT molecular complexity index is 362. The standard InChI is InChI=1S/C15H27N3O2S/c1-11(2)15(20)18-6-3-12(4-7-18)17-14(19)9-13-10-21-8-5-16-13/h11-13,16H,3-10H2,1-2H3,(H,17,19). The molecule has 6 heteroatoms. The summed E-state index contributed by atoms with van der Waals surface area (Å²) in [6, 6.07) is 0.538. The largest absolute Gasteiger partial charge is 0.353 e. The van der Waals surface area contributed by atoms with Crippen LogP contribution in [0.15, 0.2) is 0 Å². The molecular weight excluding hydrogens is 286 g/mol. The number of thioether (sulfide) groups is 1. The summed E-state index contributed by atoms with van der Waals surface area (Å²) in [4.78, 5) is 25.9. The molecular formula is C15H27N3O2S. The zero-order chi connectivity index (χ0) is 15.2. The molecule has 1 unspecified atom stereocenters. The van der Waals surface area contributed by atoms with E-state index in [2.05, 4.69) is 10.6 Å². The van der Waals surface area contributed by atoms with E-state index in [0.717, 1.165) is 44.0 Å². The van der Waals surface area contributed by atoms with Gasteiger partial charge in [-0.3, -0.25) is 9.59 Å². The highest BCUT2D eigenvalue weighted by Gasteiger charge is 2.25. The number of nitrogens with one attached hydrogen (secondary N) is 2. The van der Waals surface area contributed by atoms with Gasteiger partial charge in [0.2, 0.25) is 11.8 Å². The van der Waals surface area contributed by atoms with Crippen molar-refractivity contribution in [1.82, 2.24) is 15.5 Å². The Morgan fingerprint density at radius 1 is 1.33 bits per heavy atom. The number of amides is 2. The fraction of sp³-hybridized carbons (Fsp3) is 0.867. The lowest BCUT2D eigenvalue weighted by atomic mass is 10.0. The van der Waals surface area contributed by atoms with Crippen LogP contribution in [0.25, 0.3) is 0 Å². The molecule has 0 aliphatic carbocycles. The van der Waals surface area contributed by atoms with Crippen LogP contribution in [0.3, 0.4) is 0 Å². The SMILES string of the molecule is CC(C)C(=O)N1CCC(NC(=O)CC2CSCCN2)CC1. The lowest BCUT2D eigenvalue weighted by Crippen LogP contribution is -2.49. The lowest BCUT2D eigenvalue weighted by molar-refractivity contribution is -0.135. The first-order chi connectivity index (χ1) is 10.1. The van der Waals surface area contributed by atoms with E-state index in [1.807, 2.05) is 30.5 Å². The van der Waals surface area contributed by atoms with Crippen LogP contribution in [0.5, 0.6) is 0 Å². The molecule has 2 saturated heterocycles. The molecule has 1 atom stereocenters. The third-order valence-electron chi connectivity index (χ3n) is 4.10. The van der Waals surface area contributed by atoms with Gasteiger partial charge in [0.1, 0.15) is 0 Å². The van der Waals surface area contributed by atoms with Gasteiger partial charge in [-0.25, -0.2) is 0 Å².